The number of amides is 2. The molecule has 1 saturated carbocycles. The molecule has 0 bridgehead atoms. The predicted octanol–water partition coefficient (Wildman–Crippen LogP) is 3.76. The first kappa shape index (κ1) is 22.6. The van der Waals surface area contributed by atoms with Crippen LogP contribution in [-0.4, -0.2) is 43.0 Å². The zero-order valence-corrected chi connectivity index (χ0v) is 18.8. The molecule has 0 unspecified atom stereocenters. The number of carbonyl (C=O) groups is 2. The summed E-state index contributed by atoms with van der Waals surface area (Å²) in [5.74, 6) is 0.441. The van der Waals surface area contributed by atoms with Crippen molar-refractivity contribution in [3.8, 4) is 5.75 Å². The lowest BCUT2D eigenvalue weighted by atomic mass is 9.83. The Balaban J connectivity index is 1.30. The number of pyridine rings is 1. The van der Waals surface area contributed by atoms with E-state index in [1.165, 1.54) is 0 Å². The van der Waals surface area contributed by atoms with Crippen molar-refractivity contribution in [2.75, 3.05) is 25.5 Å². The fourth-order valence-corrected chi connectivity index (χ4v) is 4.32. The molecule has 1 aromatic heterocycles. The third-order valence-corrected chi connectivity index (χ3v) is 6.13. The lowest BCUT2D eigenvalue weighted by Gasteiger charge is -2.31. The van der Waals surface area contributed by atoms with E-state index in [-0.39, 0.29) is 23.8 Å². The van der Waals surface area contributed by atoms with Gasteiger partial charge < -0.3 is 20.7 Å². The summed E-state index contributed by atoms with van der Waals surface area (Å²) in [7, 11) is 1.64. The minimum absolute atomic E-state index is 0.000701. The number of ether oxygens (including phenoxy) is 1. The number of carbonyl (C=O) groups excluding carboxylic acids is 2. The van der Waals surface area contributed by atoms with Crippen LogP contribution in [0.25, 0.3) is 10.9 Å². The summed E-state index contributed by atoms with van der Waals surface area (Å²) in [5, 5.41) is 10.3. The summed E-state index contributed by atoms with van der Waals surface area (Å²) in [6.45, 7) is 1.13. The highest BCUT2D eigenvalue weighted by atomic mass is 16.5. The van der Waals surface area contributed by atoms with Crippen molar-refractivity contribution in [1.29, 1.82) is 0 Å². The van der Waals surface area contributed by atoms with Gasteiger partial charge in [0.15, 0.2) is 0 Å². The lowest BCUT2D eigenvalue weighted by Crippen LogP contribution is -2.49. The quantitative estimate of drug-likeness (QED) is 0.458. The minimum Gasteiger partial charge on any atom is -0.497 e. The Morgan fingerprint density at radius 2 is 1.85 bits per heavy atom. The van der Waals surface area contributed by atoms with Crippen molar-refractivity contribution in [1.82, 2.24) is 15.6 Å². The number of rotatable bonds is 8. The van der Waals surface area contributed by atoms with Crippen molar-refractivity contribution in [2.45, 2.75) is 31.7 Å². The van der Waals surface area contributed by atoms with Gasteiger partial charge in [0, 0.05) is 42.0 Å². The number of anilines is 1. The molecule has 0 spiro atoms. The molecule has 0 saturated heterocycles. The van der Waals surface area contributed by atoms with Crippen molar-refractivity contribution in [2.24, 2.45) is 5.92 Å². The van der Waals surface area contributed by atoms with Crippen LogP contribution in [0.2, 0.25) is 0 Å². The Morgan fingerprint density at radius 1 is 1.03 bits per heavy atom. The molecule has 172 valence electrons. The average molecular weight is 447 g/mol. The first-order valence-electron chi connectivity index (χ1n) is 11.5. The number of fused-ring (bicyclic) bond motifs is 1. The first-order chi connectivity index (χ1) is 16.1. The van der Waals surface area contributed by atoms with Gasteiger partial charge in [-0.25, -0.2) is 0 Å². The van der Waals surface area contributed by atoms with E-state index in [1.54, 1.807) is 19.4 Å². The average Bonchev–Trinajstić information content (AvgIpc) is 2.87. The minimum atomic E-state index is -0.217. The maximum atomic E-state index is 12.9. The fraction of sp³-hybridized carbons (Fsp3) is 0.346. The van der Waals surface area contributed by atoms with E-state index in [9.17, 15) is 9.59 Å². The fourth-order valence-electron chi connectivity index (χ4n) is 4.32. The van der Waals surface area contributed by atoms with Crippen molar-refractivity contribution in [3.63, 3.8) is 0 Å². The second-order valence-corrected chi connectivity index (χ2v) is 8.33. The number of nitrogens with zero attached hydrogens (tertiary/aromatic N) is 1. The predicted molar refractivity (Wildman–Crippen MR) is 129 cm³/mol. The van der Waals surface area contributed by atoms with Crippen LogP contribution in [0.5, 0.6) is 5.75 Å². The third-order valence-electron chi connectivity index (χ3n) is 6.13. The molecule has 3 N–H and O–H groups in total. The highest BCUT2D eigenvalue weighted by Gasteiger charge is 2.32. The molecule has 2 aromatic carbocycles. The van der Waals surface area contributed by atoms with E-state index in [0.29, 0.717) is 18.7 Å². The second kappa shape index (κ2) is 10.8. The Morgan fingerprint density at radius 3 is 2.67 bits per heavy atom. The Labute approximate surface area is 193 Å². The largest absolute Gasteiger partial charge is 0.497 e. The number of nitrogens with one attached hydrogen (secondary N) is 3. The topological polar surface area (TPSA) is 92.4 Å². The number of hydrogen-bond acceptors (Lipinski definition) is 5. The molecule has 2 atom stereocenters. The molecule has 1 aliphatic carbocycles. The molecule has 4 rings (SSSR count). The van der Waals surface area contributed by atoms with Gasteiger partial charge in [-0.1, -0.05) is 18.9 Å². The summed E-state index contributed by atoms with van der Waals surface area (Å²) >= 11 is 0. The molecular formula is C26H30N4O3. The van der Waals surface area contributed by atoms with E-state index in [0.717, 1.165) is 48.0 Å². The van der Waals surface area contributed by atoms with Crippen LogP contribution in [0.4, 0.5) is 5.69 Å². The molecule has 7 nitrogen and oxygen atoms in total. The zero-order valence-electron chi connectivity index (χ0n) is 18.8. The van der Waals surface area contributed by atoms with E-state index in [2.05, 4.69) is 20.9 Å². The molecule has 3 aromatic rings. The van der Waals surface area contributed by atoms with E-state index in [1.807, 2.05) is 48.5 Å². The van der Waals surface area contributed by atoms with Gasteiger partial charge in [-0.2, -0.15) is 0 Å². The molecular weight excluding hydrogens is 416 g/mol. The summed E-state index contributed by atoms with van der Waals surface area (Å²) in [6, 6.07) is 16.8. The van der Waals surface area contributed by atoms with E-state index in [4.69, 9.17) is 4.74 Å². The monoisotopic (exact) mass is 446 g/mol. The van der Waals surface area contributed by atoms with Gasteiger partial charge in [0.05, 0.1) is 18.5 Å². The first-order valence-corrected chi connectivity index (χ1v) is 11.5. The van der Waals surface area contributed by atoms with Gasteiger partial charge in [0.2, 0.25) is 5.91 Å². The number of aromatic nitrogens is 1. The van der Waals surface area contributed by atoms with Gasteiger partial charge in [-0.3, -0.25) is 14.6 Å². The van der Waals surface area contributed by atoms with Gasteiger partial charge >= 0.3 is 0 Å². The third kappa shape index (κ3) is 5.80. The normalized spacial score (nSPS) is 17.8. The number of hydrogen-bond donors (Lipinski definition) is 3. The molecule has 7 heteroatoms. The molecule has 1 fully saturated rings. The number of methoxy groups -OCH3 is 1. The highest BCUT2D eigenvalue weighted by Crippen LogP contribution is 2.25. The highest BCUT2D eigenvalue weighted by molar-refractivity contribution is 5.98. The maximum absolute atomic E-state index is 12.9. The summed E-state index contributed by atoms with van der Waals surface area (Å²) in [5.41, 5.74) is 2.41. The van der Waals surface area contributed by atoms with Crippen LogP contribution in [-0.2, 0) is 4.79 Å². The molecule has 1 aliphatic rings. The Hall–Kier alpha value is -3.61. The summed E-state index contributed by atoms with van der Waals surface area (Å²) < 4.78 is 5.16. The summed E-state index contributed by atoms with van der Waals surface area (Å²) in [6.07, 6.45) is 5.33. The standard InChI is InChI=1S/C26H30N4O3/c1-33-21-11-9-20(10-12-21)27-15-16-29-26(32)22-6-2-3-7-24(22)30-25(31)19-8-13-23-18(17-19)5-4-14-28-23/h4-5,8-14,17,22,24,27H,2-3,6-7,15-16H2,1H3,(H,29,32)(H,30,31)/t22-,24+/m1/s1. The molecule has 1 heterocycles. The van der Waals surface area contributed by atoms with Crippen molar-refractivity contribution in [3.05, 3.63) is 66.4 Å². The van der Waals surface area contributed by atoms with Crippen LogP contribution >= 0.6 is 0 Å². The SMILES string of the molecule is COc1ccc(NCCNC(=O)[C@@H]2CCCC[C@@H]2NC(=O)c2ccc3ncccc3c2)cc1. The van der Waals surface area contributed by atoms with Crippen LogP contribution in [0.1, 0.15) is 36.0 Å². The Kier molecular flexibility index (Phi) is 7.40. The maximum Gasteiger partial charge on any atom is 0.251 e. The van der Waals surface area contributed by atoms with Crippen LogP contribution in [0.15, 0.2) is 60.8 Å². The summed E-state index contributed by atoms with van der Waals surface area (Å²) in [4.78, 5) is 30.1. The van der Waals surface area contributed by atoms with Crippen molar-refractivity contribution < 1.29 is 14.3 Å². The van der Waals surface area contributed by atoms with E-state index >= 15 is 0 Å². The second-order valence-electron chi connectivity index (χ2n) is 8.33. The zero-order chi connectivity index (χ0) is 23.0. The van der Waals surface area contributed by atoms with Gasteiger partial charge in [0.1, 0.15) is 5.75 Å². The molecule has 33 heavy (non-hydrogen) atoms. The molecule has 0 radical (unpaired) electrons. The van der Waals surface area contributed by atoms with Crippen molar-refractivity contribution >= 4 is 28.4 Å². The van der Waals surface area contributed by atoms with Crippen LogP contribution in [0.3, 0.4) is 0 Å². The van der Waals surface area contributed by atoms with Gasteiger partial charge in [-0.15, -0.1) is 0 Å². The van der Waals surface area contributed by atoms with Crippen LogP contribution < -0.4 is 20.7 Å². The van der Waals surface area contributed by atoms with Crippen LogP contribution in [0, 0.1) is 5.92 Å². The molecule has 2 amide bonds. The van der Waals surface area contributed by atoms with Gasteiger partial charge in [-0.05, 0) is 61.4 Å². The Bertz CT molecular complexity index is 1100. The lowest BCUT2D eigenvalue weighted by molar-refractivity contribution is -0.126. The molecule has 0 aliphatic heterocycles. The number of benzene rings is 2. The van der Waals surface area contributed by atoms with E-state index < -0.39 is 0 Å². The smallest absolute Gasteiger partial charge is 0.251 e. The van der Waals surface area contributed by atoms with Gasteiger partial charge in [0.25, 0.3) is 5.91 Å².